The number of aromatic nitrogens is 4. The highest BCUT2D eigenvalue weighted by molar-refractivity contribution is 5.76. The molecule has 9 heteroatoms. The largest absolute Gasteiger partial charge is 0.461 e. The third-order valence-corrected chi connectivity index (χ3v) is 5.24. The molecule has 0 radical (unpaired) electrons. The second kappa shape index (κ2) is 8.49. The highest BCUT2D eigenvalue weighted by atomic mass is 19.4. The van der Waals surface area contributed by atoms with Gasteiger partial charge >= 0.3 is 12.1 Å². The lowest BCUT2D eigenvalue weighted by Crippen LogP contribution is -2.11. The Kier molecular flexibility index (Phi) is 5.73. The number of alkyl halides is 3. The number of aryl methyl sites for hydroxylation is 2. The molecule has 0 fully saturated rings. The fraction of sp³-hybridized carbons (Fsp3) is 0.261. The Bertz CT molecular complexity index is 1270. The molecule has 0 spiro atoms. The highest BCUT2D eigenvalue weighted by Gasteiger charge is 2.34. The molecule has 6 nitrogen and oxygen atoms in total. The Hall–Kier alpha value is -3.62. The van der Waals surface area contributed by atoms with E-state index in [1.54, 1.807) is 13.4 Å². The first-order valence-corrected chi connectivity index (χ1v) is 10.0. The lowest BCUT2D eigenvalue weighted by molar-refractivity contribution is -0.144. The Morgan fingerprint density at radius 2 is 1.91 bits per heavy atom. The van der Waals surface area contributed by atoms with Crippen molar-refractivity contribution in [1.29, 1.82) is 0 Å². The van der Waals surface area contributed by atoms with Crippen LogP contribution in [0.1, 0.15) is 23.7 Å². The van der Waals surface area contributed by atoms with Crippen molar-refractivity contribution in [2.75, 3.05) is 0 Å². The first-order valence-electron chi connectivity index (χ1n) is 10.0. The van der Waals surface area contributed by atoms with Gasteiger partial charge in [-0.25, -0.2) is 4.98 Å². The smallest absolute Gasteiger partial charge is 0.417 e. The second-order valence-corrected chi connectivity index (χ2v) is 7.38. The molecule has 0 atom stereocenters. The second-order valence-electron chi connectivity index (χ2n) is 7.38. The molecular weight excluding hydrogens is 421 g/mol. The van der Waals surface area contributed by atoms with Crippen LogP contribution in [0.2, 0.25) is 0 Å². The molecule has 0 unspecified atom stereocenters. The molecule has 2 aromatic heterocycles. The summed E-state index contributed by atoms with van der Waals surface area (Å²) in [7, 11) is 1.58. The number of carbonyl (C=O) groups excluding carboxylic acids is 1. The maximum Gasteiger partial charge on any atom is 0.417 e. The number of hydrogen-bond acceptors (Lipinski definition) is 4. The Balaban J connectivity index is 1.45. The van der Waals surface area contributed by atoms with Gasteiger partial charge in [-0.15, -0.1) is 0 Å². The number of carbonyl (C=O) groups is 1. The van der Waals surface area contributed by atoms with Gasteiger partial charge in [0, 0.05) is 24.8 Å². The molecule has 0 bridgehead atoms. The van der Waals surface area contributed by atoms with Crippen LogP contribution in [0, 0.1) is 0 Å². The standard InChI is InChI=1S/C23H21F3N4O2/c1-3-30-14-27-20-10-15(8-9-21(20)30)13-32-22(31)12-16-11-19(28-29(16)2)17-6-4-5-7-18(17)23(24,25)26/h4-11,14H,3,12-13H2,1-2H3. The predicted molar refractivity (Wildman–Crippen MR) is 113 cm³/mol. The van der Waals surface area contributed by atoms with Crippen LogP contribution in [0.3, 0.4) is 0 Å². The molecule has 2 aromatic carbocycles. The van der Waals surface area contributed by atoms with E-state index in [-0.39, 0.29) is 24.3 Å². The van der Waals surface area contributed by atoms with Crippen LogP contribution in [0.25, 0.3) is 22.3 Å². The van der Waals surface area contributed by atoms with Crippen molar-refractivity contribution < 1.29 is 22.7 Å². The zero-order chi connectivity index (χ0) is 22.9. The van der Waals surface area contributed by atoms with E-state index in [1.807, 2.05) is 29.7 Å². The van der Waals surface area contributed by atoms with E-state index >= 15 is 0 Å². The number of ether oxygens (including phenoxy) is 1. The molecule has 2 heterocycles. The number of fused-ring (bicyclic) bond motifs is 1. The fourth-order valence-corrected chi connectivity index (χ4v) is 3.57. The van der Waals surface area contributed by atoms with Gasteiger partial charge in [0.05, 0.1) is 35.0 Å². The van der Waals surface area contributed by atoms with Crippen LogP contribution in [-0.2, 0) is 42.3 Å². The number of halogens is 3. The monoisotopic (exact) mass is 442 g/mol. The SMILES string of the molecule is CCn1cnc2cc(COC(=O)Cc3cc(-c4ccccc4C(F)(F)F)nn3C)ccc21. The van der Waals surface area contributed by atoms with Crippen molar-refractivity contribution in [2.45, 2.75) is 32.7 Å². The third kappa shape index (κ3) is 4.37. The summed E-state index contributed by atoms with van der Waals surface area (Å²) in [6.07, 6.45) is -2.84. The van der Waals surface area contributed by atoms with Gasteiger partial charge in [-0.2, -0.15) is 18.3 Å². The maximum absolute atomic E-state index is 13.3. The molecule has 32 heavy (non-hydrogen) atoms. The van der Waals surface area contributed by atoms with Gasteiger partial charge in [0.25, 0.3) is 0 Å². The Labute approximate surface area is 182 Å². The average molecular weight is 442 g/mol. The Morgan fingerprint density at radius 3 is 2.66 bits per heavy atom. The molecule has 4 rings (SSSR count). The minimum Gasteiger partial charge on any atom is -0.461 e. The number of benzene rings is 2. The van der Waals surface area contributed by atoms with Crippen LogP contribution >= 0.6 is 0 Å². The maximum atomic E-state index is 13.3. The summed E-state index contributed by atoms with van der Waals surface area (Å²) in [5.74, 6) is -0.497. The van der Waals surface area contributed by atoms with Crippen LogP contribution in [0.4, 0.5) is 13.2 Å². The van der Waals surface area contributed by atoms with Crippen molar-refractivity contribution in [3.8, 4) is 11.3 Å². The van der Waals surface area contributed by atoms with Gasteiger partial charge in [-0.05, 0) is 36.8 Å². The van der Waals surface area contributed by atoms with Gasteiger partial charge in [-0.3, -0.25) is 9.48 Å². The van der Waals surface area contributed by atoms with E-state index < -0.39 is 17.7 Å². The van der Waals surface area contributed by atoms with E-state index in [2.05, 4.69) is 10.1 Å². The molecular formula is C23H21F3N4O2. The summed E-state index contributed by atoms with van der Waals surface area (Å²) in [4.78, 5) is 16.7. The van der Waals surface area contributed by atoms with Crippen molar-refractivity contribution in [2.24, 2.45) is 7.05 Å². The zero-order valence-electron chi connectivity index (χ0n) is 17.6. The fourth-order valence-electron chi connectivity index (χ4n) is 3.57. The van der Waals surface area contributed by atoms with Gasteiger partial charge in [0.2, 0.25) is 0 Å². The number of nitrogens with zero attached hydrogens (tertiary/aromatic N) is 4. The lowest BCUT2D eigenvalue weighted by Gasteiger charge is -2.10. The molecule has 0 aliphatic carbocycles. The van der Waals surface area contributed by atoms with Crippen molar-refractivity contribution in [3.63, 3.8) is 0 Å². The molecule has 166 valence electrons. The van der Waals surface area contributed by atoms with Crippen LogP contribution in [0.15, 0.2) is 54.9 Å². The summed E-state index contributed by atoms with van der Waals surface area (Å²) >= 11 is 0. The number of imidazole rings is 1. The third-order valence-electron chi connectivity index (χ3n) is 5.24. The van der Waals surface area contributed by atoms with Crippen LogP contribution in [-0.4, -0.2) is 25.3 Å². The quantitative estimate of drug-likeness (QED) is 0.404. The number of esters is 1. The topological polar surface area (TPSA) is 61.9 Å². The summed E-state index contributed by atoms with van der Waals surface area (Å²) < 4.78 is 48.7. The Morgan fingerprint density at radius 1 is 1.12 bits per heavy atom. The molecule has 0 saturated heterocycles. The van der Waals surface area contributed by atoms with Crippen molar-refractivity contribution >= 4 is 17.0 Å². The van der Waals surface area contributed by atoms with Gasteiger partial charge < -0.3 is 9.30 Å². The molecule has 4 aromatic rings. The number of hydrogen-bond donors (Lipinski definition) is 0. The van der Waals surface area contributed by atoms with Gasteiger partial charge in [0.1, 0.15) is 6.61 Å². The highest BCUT2D eigenvalue weighted by Crippen LogP contribution is 2.36. The van der Waals surface area contributed by atoms with Gasteiger partial charge in [-0.1, -0.05) is 24.3 Å². The first kappa shape index (κ1) is 21.6. The average Bonchev–Trinajstić information content (AvgIpc) is 3.34. The molecule has 0 aliphatic rings. The summed E-state index contributed by atoms with van der Waals surface area (Å²) in [6, 6.07) is 12.4. The van der Waals surface area contributed by atoms with Crippen molar-refractivity contribution in [1.82, 2.24) is 19.3 Å². The number of rotatable bonds is 6. The molecule has 0 aliphatic heterocycles. The van der Waals surface area contributed by atoms with E-state index in [0.717, 1.165) is 29.2 Å². The first-order chi connectivity index (χ1) is 15.3. The van der Waals surface area contributed by atoms with Gasteiger partial charge in [0.15, 0.2) is 0 Å². The summed E-state index contributed by atoms with van der Waals surface area (Å²) in [5.41, 5.74) is 2.43. The summed E-state index contributed by atoms with van der Waals surface area (Å²) in [5, 5.41) is 4.17. The van der Waals surface area contributed by atoms with E-state index in [4.69, 9.17) is 4.74 Å². The van der Waals surface area contributed by atoms with Crippen LogP contribution < -0.4 is 0 Å². The minimum absolute atomic E-state index is 0.0324. The zero-order valence-corrected chi connectivity index (χ0v) is 17.6. The lowest BCUT2D eigenvalue weighted by atomic mass is 10.0. The van der Waals surface area contributed by atoms with E-state index in [0.29, 0.717) is 5.69 Å². The molecule has 0 amide bonds. The van der Waals surface area contributed by atoms with Crippen molar-refractivity contribution in [3.05, 3.63) is 71.7 Å². The van der Waals surface area contributed by atoms with E-state index in [1.165, 1.54) is 28.9 Å². The summed E-state index contributed by atoms with van der Waals surface area (Å²) in [6.45, 7) is 2.92. The van der Waals surface area contributed by atoms with Crippen LogP contribution in [0.5, 0.6) is 0 Å². The van der Waals surface area contributed by atoms with E-state index in [9.17, 15) is 18.0 Å². The minimum atomic E-state index is -4.50. The normalized spacial score (nSPS) is 11.8. The molecule has 0 N–H and O–H groups in total. The predicted octanol–water partition coefficient (Wildman–Crippen LogP) is 4.76. The molecule has 0 saturated carbocycles.